The molecule has 1 fully saturated rings. The van der Waals surface area contributed by atoms with E-state index in [2.05, 4.69) is 0 Å². The van der Waals surface area contributed by atoms with Gasteiger partial charge in [0.15, 0.2) is 17.6 Å². The van der Waals surface area contributed by atoms with Crippen molar-refractivity contribution in [3.63, 3.8) is 0 Å². The number of hydrogen-bond acceptors (Lipinski definition) is 6. The predicted molar refractivity (Wildman–Crippen MR) is 97.7 cm³/mol. The van der Waals surface area contributed by atoms with Gasteiger partial charge in [-0.1, -0.05) is 12.1 Å². The molecule has 0 bridgehead atoms. The van der Waals surface area contributed by atoms with Gasteiger partial charge in [0.1, 0.15) is 13.2 Å². The van der Waals surface area contributed by atoms with E-state index in [-0.39, 0.29) is 19.3 Å². The Morgan fingerprint density at radius 3 is 2.46 bits per heavy atom. The Labute approximate surface area is 162 Å². The van der Waals surface area contributed by atoms with Crippen LogP contribution in [0.3, 0.4) is 0 Å². The van der Waals surface area contributed by atoms with Crippen LogP contribution >= 0.6 is 0 Å². The third-order valence-electron chi connectivity index (χ3n) is 4.62. The van der Waals surface area contributed by atoms with Gasteiger partial charge in [-0.3, -0.25) is 19.3 Å². The molecule has 5 amide bonds. The maximum atomic E-state index is 12.7. The van der Waals surface area contributed by atoms with E-state index in [0.29, 0.717) is 22.9 Å². The molecular weight excluding hydrogens is 366 g/mol. The number of urea groups is 1. The monoisotopic (exact) mass is 389 g/mol. The lowest BCUT2D eigenvalue weighted by Crippen LogP contribution is -2.48. The fourth-order valence-corrected chi connectivity index (χ4v) is 3.16. The molecule has 0 spiro atoms. The fourth-order valence-electron chi connectivity index (χ4n) is 3.16. The molecule has 1 atom stereocenters. The second kappa shape index (κ2) is 7.87. The zero-order valence-corrected chi connectivity index (χ0v) is 16.1. The molecule has 2 aliphatic heterocycles. The molecule has 1 aromatic carbocycles. The summed E-state index contributed by atoms with van der Waals surface area (Å²) in [5.41, 5.74) is 0. The first kappa shape index (κ1) is 19.7. The molecule has 1 saturated heterocycles. The number of ether oxygens (including phenoxy) is 2. The number of amides is 5. The average molecular weight is 389 g/mol. The van der Waals surface area contributed by atoms with Crippen molar-refractivity contribution in [3.05, 3.63) is 24.3 Å². The van der Waals surface area contributed by atoms with E-state index >= 15 is 0 Å². The van der Waals surface area contributed by atoms with Crippen molar-refractivity contribution < 1.29 is 28.7 Å². The minimum Gasteiger partial charge on any atom is -0.486 e. The van der Waals surface area contributed by atoms with Crippen LogP contribution in [0.2, 0.25) is 0 Å². The number of hydrogen-bond donors (Lipinski definition) is 0. The highest BCUT2D eigenvalue weighted by Crippen LogP contribution is 2.31. The van der Waals surface area contributed by atoms with Crippen LogP contribution in [0.1, 0.15) is 20.8 Å². The molecule has 150 valence electrons. The second-order valence-electron chi connectivity index (χ2n) is 6.87. The van der Waals surface area contributed by atoms with Crippen LogP contribution in [0.15, 0.2) is 24.3 Å². The van der Waals surface area contributed by atoms with Gasteiger partial charge in [-0.05, 0) is 32.9 Å². The van der Waals surface area contributed by atoms with Gasteiger partial charge in [0.25, 0.3) is 0 Å². The van der Waals surface area contributed by atoms with Crippen LogP contribution in [0, 0.1) is 0 Å². The van der Waals surface area contributed by atoms with Gasteiger partial charge in [0.05, 0.1) is 6.54 Å². The lowest BCUT2D eigenvalue weighted by atomic mass is 10.2. The molecule has 2 aliphatic rings. The zero-order chi connectivity index (χ0) is 20.4. The third-order valence-corrected chi connectivity index (χ3v) is 4.62. The van der Waals surface area contributed by atoms with Crippen molar-refractivity contribution in [3.8, 4) is 11.5 Å². The average Bonchev–Trinajstić information content (AvgIpc) is 2.89. The van der Waals surface area contributed by atoms with Crippen LogP contribution in [-0.4, -0.2) is 76.8 Å². The van der Waals surface area contributed by atoms with Crippen molar-refractivity contribution in [2.24, 2.45) is 0 Å². The molecule has 0 unspecified atom stereocenters. The van der Waals surface area contributed by atoms with Gasteiger partial charge in [0.2, 0.25) is 5.91 Å². The molecule has 3 rings (SSSR count). The highest BCUT2D eigenvalue weighted by atomic mass is 16.6. The Morgan fingerprint density at radius 1 is 1.18 bits per heavy atom. The zero-order valence-electron chi connectivity index (χ0n) is 16.1. The van der Waals surface area contributed by atoms with E-state index in [9.17, 15) is 19.2 Å². The molecule has 9 nitrogen and oxygen atoms in total. The summed E-state index contributed by atoms with van der Waals surface area (Å²) in [6.07, 6.45) is -0.377. The van der Waals surface area contributed by atoms with Crippen LogP contribution in [0.5, 0.6) is 11.5 Å². The Bertz CT molecular complexity index is 809. The summed E-state index contributed by atoms with van der Waals surface area (Å²) in [5.74, 6) is -1.07. The number of rotatable bonds is 6. The standard InChI is InChI=1S/C19H23N3O6/c1-4-20(9-13-11-27-14-7-5-6-8-15(14)28-13)16(23)10-21-17(24)18(25)22(12(2)3)19(21)26/h5-8,12-13H,4,9-11H2,1-3H3/t13-/m0/s1. The van der Waals surface area contributed by atoms with Crippen LogP contribution in [0.4, 0.5) is 4.79 Å². The normalized spacial score (nSPS) is 18.9. The fraction of sp³-hybridized carbons (Fsp3) is 0.474. The third kappa shape index (κ3) is 3.64. The number of carbonyl (C=O) groups is 4. The van der Waals surface area contributed by atoms with Gasteiger partial charge in [0, 0.05) is 12.6 Å². The van der Waals surface area contributed by atoms with Gasteiger partial charge >= 0.3 is 17.8 Å². The predicted octanol–water partition coefficient (Wildman–Crippen LogP) is 0.874. The van der Waals surface area contributed by atoms with Crippen LogP contribution < -0.4 is 9.47 Å². The maximum Gasteiger partial charge on any atom is 0.334 e. The van der Waals surface area contributed by atoms with E-state index in [0.717, 1.165) is 4.90 Å². The Kier molecular flexibility index (Phi) is 5.53. The first-order valence-corrected chi connectivity index (χ1v) is 9.18. The van der Waals surface area contributed by atoms with E-state index in [4.69, 9.17) is 9.47 Å². The molecule has 28 heavy (non-hydrogen) atoms. The van der Waals surface area contributed by atoms with Gasteiger partial charge in [-0.2, -0.15) is 0 Å². The lowest BCUT2D eigenvalue weighted by molar-refractivity contribution is -0.145. The van der Waals surface area contributed by atoms with Crippen LogP contribution in [0.25, 0.3) is 0 Å². The summed E-state index contributed by atoms with van der Waals surface area (Å²) in [7, 11) is 0. The highest BCUT2D eigenvalue weighted by molar-refractivity contribution is 6.45. The lowest BCUT2D eigenvalue weighted by Gasteiger charge is -2.31. The van der Waals surface area contributed by atoms with Gasteiger partial charge in [-0.15, -0.1) is 0 Å². The van der Waals surface area contributed by atoms with Gasteiger partial charge in [-0.25, -0.2) is 9.69 Å². The van der Waals surface area contributed by atoms with E-state index in [1.165, 1.54) is 4.90 Å². The topological polar surface area (TPSA) is 96.5 Å². The maximum absolute atomic E-state index is 12.7. The number of benzene rings is 1. The van der Waals surface area contributed by atoms with Gasteiger partial charge < -0.3 is 14.4 Å². The summed E-state index contributed by atoms with van der Waals surface area (Å²) in [5, 5.41) is 0. The molecule has 0 N–H and O–H groups in total. The number of para-hydroxylation sites is 2. The number of imide groups is 2. The first-order valence-electron chi connectivity index (χ1n) is 9.18. The molecule has 1 aromatic rings. The number of fused-ring (bicyclic) bond motifs is 1. The van der Waals surface area contributed by atoms with Crippen molar-refractivity contribution in [1.29, 1.82) is 0 Å². The Hall–Kier alpha value is -3.10. The number of carbonyl (C=O) groups excluding carboxylic acids is 4. The highest BCUT2D eigenvalue weighted by Gasteiger charge is 2.46. The van der Waals surface area contributed by atoms with E-state index in [1.54, 1.807) is 32.9 Å². The van der Waals surface area contributed by atoms with E-state index < -0.39 is 36.3 Å². The molecule has 9 heteroatoms. The molecule has 0 aromatic heterocycles. The number of nitrogens with zero attached hydrogens (tertiary/aromatic N) is 3. The summed E-state index contributed by atoms with van der Waals surface area (Å²) >= 11 is 0. The second-order valence-corrected chi connectivity index (χ2v) is 6.87. The minimum absolute atomic E-state index is 0.238. The van der Waals surface area contributed by atoms with Crippen molar-refractivity contribution >= 4 is 23.8 Å². The quantitative estimate of drug-likeness (QED) is 0.529. The molecule has 0 aliphatic carbocycles. The summed E-state index contributed by atoms with van der Waals surface area (Å²) in [6, 6.07) is 6.04. The van der Waals surface area contributed by atoms with Crippen molar-refractivity contribution in [1.82, 2.24) is 14.7 Å². The molecule has 0 radical (unpaired) electrons. The minimum atomic E-state index is -0.978. The first-order chi connectivity index (χ1) is 13.3. The number of likely N-dealkylation sites (N-methyl/N-ethyl adjacent to an activating group) is 1. The Morgan fingerprint density at radius 2 is 1.86 bits per heavy atom. The molecule has 2 heterocycles. The largest absolute Gasteiger partial charge is 0.486 e. The van der Waals surface area contributed by atoms with Crippen LogP contribution in [-0.2, 0) is 14.4 Å². The SMILES string of the molecule is CCN(C[C@H]1COc2ccccc2O1)C(=O)CN1C(=O)C(=O)N(C(C)C)C1=O. The van der Waals surface area contributed by atoms with Crippen molar-refractivity contribution in [2.75, 3.05) is 26.2 Å². The summed E-state index contributed by atoms with van der Waals surface area (Å²) < 4.78 is 11.5. The Balaban J connectivity index is 1.64. The molecular formula is C19H23N3O6. The summed E-state index contributed by atoms with van der Waals surface area (Å²) in [4.78, 5) is 52.1. The summed E-state index contributed by atoms with van der Waals surface area (Å²) in [6.45, 7) is 5.44. The molecule has 0 saturated carbocycles. The van der Waals surface area contributed by atoms with Crippen molar-refractivity contribution in [2.45, 2.75) is 32.9 Å². The van der Waals surface area contributed by atoms with E-state index in [1.807, 2.05) is 12.1 Å². The smallest absolute Gasteiger partial charge is 0.334 e.